The van der Waals surface area contributed by atoms with Crippen molar-refractivity contribution in [1.29, 1.82) is 0 Å². The number of amides is 1. The summed E-state index contributed by atoms with van der Waals surface area (Å²) < 4.78 is 29.0. The lowest BCUT2D eigenvalue weighted by Crippen LogP contribution is -2.40. The Hall–Kier alpha value is -2.72. The van der Waals surface area contributed by atoms with Crippen LogP contribution in [-0.4, -0.2) is 26.6 Å². The van der Waals surface area contributed by atoms with Crippen molar-refractivity contribution >= 4 is 49.9 Å². The Kier molecular flexibility index (Phi) is 7.68. The highest BCUT2D eigenvalue weighted by atomic mass is 127. The molecule has 0 fully saturated rings. The zero-order valence-corrected chi connectivity index (χ0v) is 21.0. The van der Waals surface area contributed by atoms with Crippen LogP contribution in [0.1, 0.15) is 23.6 Å². The van der Waals surface area contributed by atoms with E-state index in [4.69, 9.17) is 0 Å². The second-order valence-electron chi connectivity index (χ2n) is 7.35. The number of carbonyl (C=O) groups is 1. The van der Waals surface area contributed by atoms with E-state index in [1.54, 1.807) is 31.2 Å². The lowest BCUT2D eigenvalue weighted by Gasteiger charge is -2.25. The van der Waals surface area contributed by atoms with E-state index in [-0.39, 0.29) is 4.90 Å². The van der Waals surface area contributed by atoms with Crippen LogP contribution in [0, 0.1) is 17.4 Å². The van der Waals surface area contributed by atoms with Gasteiger partial charge in [-0.2, -0.15) is 5.10 Å². The fourth-order valence-electron chi connectivity index (χ4n) is 3.17. The van der Waals surface area contributed by atoms with Crippen LogP contribution in [0.5, 0.6) is 0 Å². The summed E-state index contributed by atoms with van der Waals surface area (Å²) in [5.41, 5.74) is 6.20. The molecule has 0 aliphatic rings. The number of anilines is 1. The third-order valence-corrected chi connectivity index (χ3v) is 7.34. The van der Waals surface area contributed by atoms with Gasteiger partial charge < -0.3 is 0 Å². The van der Waals surface area contributed by atoms with E-state index in [9.17, 15) is 13.2 Å². The number of hydrogen-bond acceptors (Lipinski definition) is 4. The third kappa shape index (κ3) is 5.74. The van der Waals surface area contributed by atoms with Gasteiger partial charge in [-0.15, -0.1) is 0 Å². The molecule has 0 heterocycles. The molecule has 0 spiro atoms. The van der Waals surface area contributed by atoms with Crippen LogP contribution in [-0.2, 0) is 14.8 Å². The van der Waals surface area contributed by atoms with Crippen LogP contribution >= 0.6 is 22.6 Å². The first kappa shape index (κ1) is 23.9. The van der Waals surface area contributed by atoms with Gasteiger partial charge in [-0.1, -0.05) is 48.0 Å². The molecular formula is C24H24IN3O3S. The van der Waals surface area contributed by atoms with E-state index in [0.29, 0.717) is 11.4 Å². The monoisotopic (exact) mass is 561 g/mol. The maximum atomic E-state index is 13.4. The normalized spacial score (nSPS) is 11.8. The largest absolute Gasteiger partial charge is 0.271 e. The predicted octanol–water partition coefficient (Wildman–Crippen LogP) is 4.64. The van der Waals surface area contributed by atoms with Crippen LogP contribution in [0.4, 0.5) is 5.69 Å². The van der Waals surface area contributed by atoms with Crippen molar-refractivity contribution in [2.24, 2.45) is 5.10 Å². The van der Waals surface area contributed by atoms with Gasteiger partial charge in [0.1, 0.15) is 6.54 Å². The van der Waals surface area contributed by atoms with Gasteiger partial charge in [0.25, 0.3) is 15.9 Å². The van der Waals surface area contributed by atoms with Crippen molar-refractivity contribution in [3.05, 3.63) is 93.1 Å². The summed E-state index contributed by atoms with van der Waals surface area (Å²) in [4.78, 5) is 12.9. The number of hydrazone groups is 1. The first-order valence-electron chi connectivity index (χ1n) is 9.92. The molecule has 1 N–H and O–H groups in total. The van der Waals surface area contributed by atoms with E-state index in [1.165, 1.54) is 12.1 Å². The van der Waals surface area contributed by atoms with Gasteiger partial charge in [-0.3, -0.25) is 9.10 Å². The quantitative estimate of drug-likeness (QED) is 0.259. The molecule has 0 unspecified atom stereocenters. The molecule has 0 radical (unpaired) electrons. The molecule has 8 heteroatoms. The fraction of sp³-hybridized carbons (Fsp3) is 0.167. The van der Waals surface area contributed by atoms with Crippen molar-refractivity contribution in [2.75, 3.05) is 10.8 Å². The Balaban J connectivity index is 1.89. The highest BCUT2D eigenvalue weighted by Crippen LogP contribution is 2.27. The molecule has 0 saturated carbocycles. The van der Waals surface area contributed by atoms with Gasteiger partial charge in [0, 0.05) is 3.57 Å². The number of hydrogen-bond donors (Lipinski definition) is 1. The molecule has 0 atom stereocenters. The number of rotatable bonds is 7. The highest BCUT2D eigenvalue weighted by molar-refractivity contribution is 14.1. The minimum Gasteiger partial charge on any atom is -0.271 e. The van der Waals surface area contributed by atoms with E-state index in [0.717, 1.165) is 24.6 Å². The minimum atomic E-state index is -3.96. The van der Waals surface area contributed by atoms with Crippen molar-refractivity contribution in [1.82, 2.24) is 5.43 Å². The zero-order valence-electron chi connectivity index (χ0n) is 18.0. The lowest BCUT2D eigenvalue weighted by atomic mass is 10.1. The lowest BCUT2D eigenvalue weighted by molar-refractivity contribution is -0.119. The van der Waals surface area contributed by atoms with Gasteiger partial charge in [0.2, 0.25) is 0 Å². The Morgan fingerprint density at radius 2 is 1.66 bits per heavy atom. The predicted molar refractivity (Wildman–Crippen MR) is 136 cm³/mol. The molecule has 6 nitrogen and oxygen atoms in total. The molecule has 32 heavy (non-hydrogen) atoms. The smallest absolute Gasteiger partial charge is 0.264 e. The Morgan fingerprint density at radius 1 is 1.00 bits per heavy atom. The second kappa shape index (κ2) is 10.3. The maximum Gasteiger partial charge on any atom is 0.264 e. The first-order chi connectivity index (χ1) is 15.2. The van der Waals surface area contributed by atoms with Crippen LogP contribution in [0.15, 0.2) is 82.8 Å². The molecule has 166 valence electrons. The van der Waals surface area contributed by atoms with Gasteiger partial charge in [-0.25, -0.2) is 13.8 Å². The van der Waals surface area contributed by atoms with Crippen molar-refractivity contribution in [2.45, 2.75) is 25.7 Å². The van der Waals surface area contributed by atoms with Gasteiger partial charge >= 0.3 is 0 Å². The summed E-state index contributed by atoms with van der Waals surface area (Å²) in [5.74, 6) is -0.533. The summed E-state index contributed by atoms with van der Waals surface area (Å²) in [7, 11) is -3.96. The fourth-order valence-corrected chi connectivity index (χ4v) is 5.04. The molecule has 0 bridgehead atoms. The zero-order chi connectivity index (χ0) is 23.3. The first-order valence-corrected chi connectivity index (χ1v) is 12.4. The number of benzene rings is 3. The van der Waals surface area contributed by atoms with Crippen LogP contribution in [0.3, 0.4) is 0 Å². The summed E-state index contributed by atoms with van der Waals surface area (Å²) in [5, 5.41) is 4.16. The van der Waals surface area contributed by atoms with Gasteiger partial charge in [0.05, 0.1) is 16.3 Å². The maximum absolute atomic E-state index is 13.4. The standard InChI is InChI=1S/C24H24IN3O3S/c1-17-9-14-23(18(2)15-17)28(32(30,31)22-7-5-4-6-8-22)16-24(29)27-26-19(3)20-10-12-21(25)13-11-20/h4-15H,16H2,1-3H3,(H,27,29)/b26-19+. The number of nitrogens with zero attached hydrogens (tertiary/aromatic N) is 2. The molecule has 1 amide bonds. The van der Waals surface area contributed by atoms with Gasteiger partial charge in [0.15, 0.2) is 0 Å². The topological polar surface area (TPSA) is 78.8 Å². The number of nitrogens with one attached hydrogen (secondary N) is 1. The second-order valence-corrected chi connectivity index (χ2v) is 10.5. The summed E-state index contributed by atoms with van der Waals surface area (Å²) >= 11 is 2.22. The summed E-state index contributed by atoms with van der Waals surface area (Å²) in [6.07, 6.45) is 0. The van der Waals surface area contributed by atoms with E-state index in [2.05, 4.69) is 33.1 Å². The van der Waals surface area contributed by atoms with Crippen molar-refractivity contribution < 1.29 is 13.2 Å². The van der Waals surface area contributed by atoms with E-state index in [1.807, 2.05) is 50.2 Å². The Morgan fingerprint density at radius 3 is 2.28 bits per heavy atom. The van der Waals surface area contributed by atoms with Crippen LogP contribution in [0.2, 0.25) is 0 Å². The number of aryl methyl sites for hydroxylation is 2. The van der Waals surface area contributed by atoms with Crippen LogP contribution in [0.25, 0.3) is 0 Å². The average molecular weight is 561 g/mol. The molecule has 3 rings (SSSR count). The minimum absolute atomic E-state index is 0.117. The number of carbonyl (C=O) groups excluding carboxylic acids is 1. The molecule has 3 aromatic carbocycles. The Labute approximate surface area is 202 Å². The molecular weight excluding hydrogens is 537 g/mol. The van der Waals surface area contributed by atoms with Crippen molar-refractivity contribution in [3.63, 3.8) is 0 Å². The third-order valence-electron chi connectivity index (χ3n) is 4.85. The SMILES string of the molecule is C/C(=N\NC(=O)CN(c1ccc(C)cc1C)S(=O)(=O)c1ccccc1)c1ccc(I)cc1. The van der Waals surface area contributed by atoms with E-state index >= 15 is 0 Å². The number of sulfonamides is 1. The summed E-state index contributed by atoms with van der Waals surface area (Å²) in [6, 6.07) is 21.2. The Bertz CT molecular complexity index is 1240. The molecule has 0 saturated heterocycles. The van der Waals surface area contributed by atoms with Gasteiger partial charge in [-0.05, 0) is 84.8 Å². The average Bonchev–Trinajstić information content (AvgIpc) is 2.77. The molecule has 0 aliphatic heterocycles. The molecule has 0 aromatic heterocycles. The summed E-state index contributed by atoms with van der Waals surface area (Å²) in [6.45, 7) is 5.14. The molecule has 3 aromatic rings. The van der Waals surface area contributed by atoms with Crippen molar-refractivity contribution in [3.8, 4) is 0 Å². The highest BCUT2D eigenvalue weighted by Gasteiger charge is 2.28. The number of halogens is 1. The van der Waals surface area contributed by atoms with E-state index < -0.39 is 22.5 Å². The molecule has 0 aliphatic carbocycles. The van der Waals surface area contributed by atoms with Crippen LogP contribution < -0.4 is 9.73 Å².